The van der Waals surface area contributed by atoms with Gasteiger partial charge in [0.05, 0.1) is 26.4 Å². The van der Waals surface area contributed by atoms with E-state index in [2.05, 4.69) is 11.0 Å². The molecule has 6 nitrogen and oxygen atoms in total. The van der Waals surface area contributed by atoms with Crippen molar-refractivity contribution in [2.75, 3.05) is 40.5 Å². The Balaban J connectivity index is 2.21. The van der Waals surface area contributed by atoms with E-state index >= 15 is 0 Å². The second-order valence-electron chi connectivity index (χ2n) is 5.12. The van der Waals surface area contributed by atoms with Crippen molar-refractivity contribution in [2.24, 2.45) is 0 Å². The molecule has 0 bridgehead atoms. The van der Waals surface area contributed by atoms with Crippen LogP contribution in [0.15, 0.2) is 17.5 Å². The van der Waals surface area contributed by atoms with Gasteiger partial charge in [-0.05, 0) is 17.9 Å². The van der Waals surface area contributed by atoms with Crippen molar-refractivity contribution >= 4 is 17.2 Å². The molecule has 1 aromatic rings. The highest BCUT2D eigenvalue weighted by Gasteiger charge is 2.41. The number of hydrogen-bond acceptors (Lipinski definition) is 6. The molecule has 1 aromatic heterocycles. The van der Waals surface area contributed by atoms with Gasteiger partial charge in [-0.15, -0.1) is 11.3 Å². The van der Waals surface area contributed by atoms with Crippen molar-refractivity contribution in [3.05, 3.63) is 22.4 Å². The summed E-state index contributed by atoms with van der Waals surface area (Å²) in [5.74, 6) is -0.132. The number of morpholine rings is 1. The molecule has 2 heterocycles. The Morgan fingerprint density at radius 2 is 2.32 bits per heavy atom. The van der Waals surface area contributed by atoms with E-state index in [4.69, 9.17) is 9.57 Å². The van der Waals surface area contributed by atoms with E-state index in [-0.39, 0.29) is 12.3 Å². The minimum Gasteiger partial charge on any atom is -0.379 e. The van der Waals surface area contributed by atoms with Gasteiger partial charge in [0.2, 0.25) is 5.91 Å². The van der Waals surface area contributed by atoms with Crippen LogP contribution in [0.5, 0.6) is 0 Å². The normalized spacial score (nSPS) is 18.4. The van der Waals surface area contributed by atoms with Gasteiger partial charge in [-0.25, -0.2) is 5.06 Å². The summed E-state index contributed by atoms with van der Waals surface area (Å²) in [6, 6.07) is 6.38. The van der Waals surface area contributed by atoms with Crippen LogP contribution in [-0.4, -0.2) is 56.3 Å². The Morgan fingerprint density at radius 1 is 1.59 bits per heavy atom. The molecule has 0 N–H and O–H groups in total. The maximum absolute atomic E-state index is 12.0. The number of nitrogens with zero attached hydrogens (tertiary/aromatic N) is 3. The van der Waals surface area contributed by atoms with E-state index < -0.39 is 5.54 Å². The molecule has 0 spiro atoms. The largest absolute Gasteiger partial charge is 0.379 e. The van der Waals surface area contributed by atoms with Gasteiger partial charge in [0.25, 0.3) is 0 Å². The highest BCUT2D eigenvalue weighted by Crippen LogP contribution is 2.36. The summed E-state index contributed by atoms with van der Waals surface area (Å²) in [6.07, 6.45) is 0.698. The van der Waals surface area contributed by atoms with E-state index in [0.717, 1.165) is 4.88 Å². The standard InChI is InChI=1S/C15H21N3O3S/c1-17(20-2)14(19)5-6-15(12-16,13-4-3-11-22-13)18-7-9-21-10-8-18/h3-4,11H,5-10H2,1-2H3. The summed E-state index contributed by atoms with van der Waals surface area (Å²) in [4.78, 5) is 20.1. The number of hydrogen-bond donors (Lipinski definition) is 0. The molecule has 0 aromatic carbocycles. The molecule has 22 heavy (non-hydrogen) atoms. The fourth-order valence-corrected chi connectivity index (χ4v) is 3.56. The first-order valence-electron chi connectivity index (χ1n) is 7.23. The number of hydroxylamine groups is 2. The molecule has 120 valence electrons. The SMILES string of the molecule is CON(C)C(=O)CCC(C#N)(c1cccs1)N1CCOCC1. The molecular weight excluding hydrogens is 302 g/mol. The molecule has 2 rings (SSSR count). The lowest BCUT2D eigenvalue weighted by Crippen LogP contribution is -2.50. The third-order valence-electron chi connectivity index (χ3n) is 3.99. The summed E-state index contributed by atoms with van der Waals surface area (Å²) in [6.45, 7) is 2.61. The van der Waals surface area contributed by atoms with Crippen molar-refractivity contribution < 1.29 is 14.4 Å². The molecule has 0 radical (unpaired) electrons. The van der Waals surface area contributed by atoms with Crippen molar-refractivity contribution in [2.45, 2.75) is 18.4 Å². The number of carbonyl (C=O) groups excluding carboxylic acids is 1. The predicted molar refractivity (Wildman–Crippen MR) is 83.0 cm³/mol. The number of rotatable bonds is 6. The second-order valence-corrected chi connectivity index (χ2v) is 6.07. The molecule has 1 unspecified atom stereocenters. The van der Waals surface area contributed by atoms with Crippen LogP contribution in [0, 0.1) is 11.3 Å². The second kappa shape index (κ2) is 7.70. The van der Waals surface area contributed by atoms with Crippen LogP contribution in [0.2, 0.25) is 0 Å². The lowest BCUT2D eigenvalue weighted by molar-refractivity contribution is -0.169. The van der Waals surface area contributed by atoms with Crippen LogP contribution in [0.3, 0.4) is 0 Å². The van der Waals surface area contributed by atoms with E-state index in [1.807, 2.05) is 17.5 Å². The molecule has 0 saturated carbocycles. The minimum atomic E-state index is -0.776. The van der Waals surface area contributed by atoms with Gasteiger partial charge in [-0.3, -0.25) is 14.5 Å². The quantitative estimate of drug-likeness (QED) is 0.744. The molecule has 1 atom stereocenters. The van der Waals surface area contributed by atoms with E-state index in [1.165, 1.54) is 12.2 Å². The first kappa shape index (κ1) is 16.9. The van der Waals surface area contributed by atoms with E-state index in [0.29, 0.717) is 32.7 Å². The van der Waals surface area contributed by atoms with Crippen LogP contribution in [-0.2, 0) is 19.9 Å². The molecule has 1 saturated heterocycles. The predicted octanol–water partition coefficient (Wildman–Crippen LogP) is 1.60. The molecule has 0 aliphatic carbocycles. The fraction of sp³-hybridized carbons (Fsp3) is 0.600. The average molecular weight is 323 g/mol. The van der Waals surface area contributed by atoms with E-state index in [1.54, 1.807) is 18.4 Å². The zero-order valence-electron chi connectivity index (χ0n) is 12.9. The Bertz CT molecular complexity index is 523. The Labute approximate surface area is 134 Å². The molecule has 1 aliphatic rings. The van der Waals surface area contributed by atoms with Crippen LogP contribution in [0.25, 0.3) is 0 Å². The highest BCUT2D eigenvalue weighted by atomic mass is 32.1. The van der Waals surface area contributed by atoms with Gasteiger partial charge >= 0.3 is 0 Å². The summed E-state index contributed by atoms with van der Waals surface area (Å²) in [5, 5.41) is 13.1. The van der Waals surface area contributed by atoms with E-state index in [9.17, 15) is 10.1 Å². The van der Waals surface area contributed by atoms with Crippen molar-refractivity contribution in [1.29, 1.82) is 5.26 Å². The van der Waals surface area contributed by atoms with Gasteiger partial charge in [0.1, 0.15) is 5.54 Å². The number of amides is 1. The number of carbonyl (C=O) groups is 1. The molecule has 1 fully saturated rings. The van der Waals surface area contributed by atoms with Crippen LogP contribution < -0.4 is 0 Å². The van der Waals surface area contributed by atoms with Crippen molar-refractivity contribution in [1.82, 2.24) is 9.96 Å². The Hall–Kier alpha value is -1.46. The van der Waals surface area contributed by atoms with Gasteiger partial charge in [-0.1, -0.05) is 6.07 Å². The molecule has 1 amide bonds. The number of nitriles is 1. The monoisotopic (exact) mass is 323 g/mol. The maximum Gasteiger partial charge on any atom is 0.245 e. The minimum absolute atomic E-state index is 0.132. The molecule has 7 heteroatoms. The van der Waals surface area contributed by atoms with Crippen molar-refractivity contribution in [3.8, 4) is 6.07 Å². The van der Waals surface area contributed by atoms with Gasteiger partial charge in [0.15, 0.2) is 0 Å². The van der Waals surface area contributed by atoms with Gasteiger partial charge in [-0.2, -0.15) is 5.26 Å². The number of ether oxygens (including phenoxy) is 1. The third-order valence-corrected chi connectivity index (χ3v) is 5.01. The average Bonchev–Trinajstić information content (AvgIpc) is 3.11. The Morgan fingerprint density at radius 3 is 2.86 bits per heavy atom. The highest BCUT2D eigenvalue weighted by molar-refractivity contribution is 7.10. The van der Waals surface area contributed by atoms with Crippen LogP contribution in [0.1, 0.15) is 17.7 Å². The zero-order valence-corrected chi connectivity index (χ0v) is 13.8. The lowest BCUT2D eigenvalue weighted by Gasteiger charge is -2.40. The van der Waals surface area contributed by atoms with Gasteiger partial charge in [0, 0.05) is 31.4 Å². The topological polar surface area (TPSA) is 65.8 Å². The fourth-order valence-electron chi connectivity index (χ4n) is 2.62. The third kappa shape index (κ3) is 3.47. The summed E-state index contributed by atoms with van der Waals surface area (Å²) in [7, 11) is 3.03. The maximum atomic E-state index is 12.0. The summed E-state index contributed by atoms with van der Waals surface area (Å²) in [5.41, 5.74) is -0.776. The van der Waals surface area contributed by atoms with Crippen LogP contribution in [0.4, 0.5) is 0 Å². The smallest absolute Gasteiger partial charge is 0.245 e. The first-order valence-corrected chi connectivity index (χ1v) is 8.10. The Kier molecular flexibility index (Phi) is 5.91. The summed E-state index contributed by atoms with van der Waals surface area (Å²) < 4.78 is 5.40. The van der Waals surface area contributed by atoms with Gasteiger partial charge < -0.3 is 4.74 Å². The summed E-state index contributed by atoms with van der Waals surface area (Å²) >= 11 is 1.55. The molecular formula is C15H21N3O3S. The number of thiophene rings is 1. The molecule has 1 aliphatic heterocycles. The zero-order chi connectivity index (χ0) is 16.0. The first-order chi connectivity index (χ1) is 10.6. The lowest BCUT2D eigenvalue weighted by atomic mass is 9.90. The van der Waals surface area contributed by atoms with Crippen molar-refractivity contribution in [3.63, 3.8) is 0 Å². The van der Waals surface area contributed by atoms with Crippen LogP contribution >= 0.6 is 11.3 Å².